The minimum absolute atomic E-state index is 0.0127. The highest BCUT2D eigenvalue weighted by atomic mass is 35.5. The zero-order valence-electron chi connectivity index (χ0n) is 11.1. The lowest BCUT2D eigenvalue weighted by Crippen LogP contribution is -2.20. The molecule has 4 nitrogen and oxygen atoms in total. The summed E-state index contributed by atoms with van der Waals surface area (Å²) in [6.07, 6.45) is 3.39. The van der Waals surface area contributed by atoms with Crippen LogP contribution in [0.2, 0.25) is 5.02 Å². The number of fused-ring (bicyclic) bond motifs is 1. The summed E-state index contributed by atoms with van der Waals surface area (Å²) in [7, 11) is 1.90. The summed E-state index contributed by atoms with van der Waals surface area (Å²) in [5.74, 6) is 1.56. The standard InChI is InChI=1S/C15H15ClN2O2/c1-17-15(11-4-5-18-9-12(11)16)10-2-3-13-14(8-10)20-7-6-19-13/h2-5,8-9,15,17H,6-7H2,1H3. The van der Waals surface area contributed by atoms with Crippen LogP contribution in [-0.2, 0) is 0 Å². The summed E-state index contributed by atoms with van der Waals surface area (Å²) >= 11 is 6.23. The van der Waals surface area contributed by atoms with Gasteiger partial charge in [-0.1, -0.05) is 17.7 Å². The minimum atomic E-state index is -0.0127. The molecule has 1 aliphatic heterocycles. The Balaban J connectivity index is 1.99. The van der Waals surface area contributed by atoms with Gasteiger partial charge in [-0.25, -0.2) is 0 Å². The number of nitrogens with zero attached hydrogens (tertiary/aromatic N) is 1. The third kappa shape index (κ3) is 2.44. The third-order valence-electron chi connectivity index (χ3n) is 3.30. The monoisotopic (exact) mass is 290 g/mol. The van der Waals surface area contributed by atoms with Gasteiger partial charge in [0, 0.05) is 12.4 Å². The fourth-order valence-corrected chi connectivity index (χ4v) is 2.59. The van der Waals surface area contributed by atoms with Gasteiger partial charge in [0.15, 0.2) is 11.5 Å². The summed E-state index contributed by atoms with van der Waals surface area (Å²) in [5.41, 5.74) is 2.06. The second kappa shape index (κ2) is 5.69. The van der Waals surface area contributed by atoms with Crippen LogP contribution in [0.1, 0.15) is 17.2 Å². The van der Waals surface area contributed by atoms with E-state index < -0.39 is 0 Å². The lowest BCUT2D eigenvalue weighted by atomic mass is 9.99. The van der Waals surface area contributed by atoms with E-state index in [0.29, 0.717) is 18.2 Å². The third-order valence-corrected chi connectivity index (χ3v) is 3.62. The van der Waals surface area contributed by atoms with Crippen molar-refractivity contribution in [3.63, 3.8) is 0 Å². The normalized spacial score (nSPS) is 14.9. The first-order valence-electron chi connectivity index (χ1n) is 6.46. The molecule has 1 N–H and O–H groups in total. The number of hydrogen-bond donors (Lipinski definition) is 1. The highest BCUT2D eigenvalue weighted by Crippen LogP contribution is 2.35. The van der Waals surface area contributed by atoms with Gasteiger partial charge in [0.1, 0.15) is 13.2 Å². The van der Waals surface area contributed by atoms with Gasteiger partial charge in [-0.2, -0.15) is 0 Å². The molecular formula is C15H15ClN2O2. The molecule has 0 amide bonds. The summed E-state index contributed by atoms with van der Waals surface area (Å²) in [5, 5.41) is 3.91. The number of aromatic nitrogens is 1. The Hall–Kier alpha value is -1.78. The van der Waals surface area contributed by atoms with Gasteiger partial charge in [-0.15, -0.1) is 0 Å². The highest BCUT2D eigenvalue weighted by molar-refractivity contribution is 6.31. The number of rotatable bonds is 3. The van der Waals surface area contributed by atoms with Crippen molar-refractivity contribution in [1.29, 1.82) is 0 Å². The van der Waals surface area contributed by atoms with Crippen LogP contribution in [0.25, 0.3) is 0 Å². The lowest BCUT2D eigenvalue weighted by Gasteiger charge is -2.22. The number of halogens is 1. The molecule has 20 heavy (non-hydrogen) atoms. The van der Waals surface area contributed by atoms with Crippen LogP contribution in [0.3, 0.4) is 0 Å². The molecule has 1 aliphatic rings. The van der Waals surface area contributed by atoms with E-state index in [4.69, 9.17) is 21.1 Å². The Morgan fingerprint density at radius 3 is 2.75 bits per heavy atom. The topological polar surface area (TPSA) is 43.4 Å². The smallest absolute Gasteiger partial charge is 0.161 e. The molecule has 1 atom stereocenters. The fourth-order valence-electron chi connectivity index (χ4n) is 2.36. The Kier molecular flexibility index (Phi) is 3.76. The summed E-state index contributed by atoms with van der Waals surface area (Å²) < 4.78 is 11.2. The lowest BCUT2D eigenvalue weighted by molar-refractivity contribution is 0.171. The number of benzene rings is 1. The number of hydrogen-bond acceptors (Lipinski definition) is 4. The van der Waals surface area contributed by atoms with E-state index in [1.165, 1.54) is 0 Å². The molecule has 0 spiro atoms. The van der Waals surface area contributed by atoms with Crippen molar-refractivity contribution in [1.82, 2.24) is 10.3 Å². The average Bonchev–Trinajstić information content (AvgIpc) is 2.50. The quantitative estimate of drug-likeness (QED) is 0.944. The molecule has 5 heteroatoms. The second-order valence-electron chi connectivity index (χ2n) is 4.52. The molecular weight excluding hydrogens is 276 g/mol. The Bertz CT molecular complexity index is 619. The molecule has 3 rings (SSSR count). The zero-order valence-corrected chi connectivity index (χ0v) is 11.9. The van der Waals surface area contributed by atoms with Crippen LogP contribution in [0.5, 0.6) is 11.5 Å². The maximum atomic E-state index is 6.23. The summed E-state index contributed by atoms with van der Waals surface area (Å²) in [6.45, 7) is 1.18. The first-order chi connectivity index (χ1) is 9.79. The van der Waals surface area contributed by atoms with Crippen LogP contribution in [0.15, 0.2) is 36.7 Å². The molecule has 0 saturated heterocycles. The SMILES string of the molecule is CNC(c1ccc2c(c1)OCCO2)c1ccncc1Cl. The molecule has 1 unspecified atom stereocenters. The van der Waals surface area contributed by atoms with E-state index in [9.17, 15) is 0 Å². The van der Waals surface area contributed by atoms with Gasteiger partial charge in [0.25, 0.3) is 0 Å². The van der Waals surface area contributed by atoms with Crippen LogP contribution < -0.4 is 14.8 Å². The summed E-state index contributed by atoms with van der Waals surface area (Å²) in [6, 6.07) is 7.85. The van der Waals surface area contributed by atoms with Gasteiger partial charge in [0.2, 0.25) is 0 Å². The van der Waals surface area contributed by atoms with Gasteiger partial charge < -0.3 is 14.8 Å². The zero-order chi connectivity index (χ0) is 13.9. The number of nitrogens with one attached hydrogen (secondary N) is 1. The van der Waals surface area contributed by atoms with Gasteiger partial charge in [-0.3, -0.25) is 4.98 Å². The Morgan fingerprint density at radius 2 is 2.00 bits per heavy atom. The maximum Gasteiger partial charge on any atom is 0.161 e. The van der Waals surface area contributed by atoms with Gasteiger partial charge in [0.05, 0.1) is 11.1 Å². The van der Waals surface area contributed by atoms with Crippen LogP contribution in [-0.4, -0.2) is 25.2 Å². The molecule has 0 aliphatic carbocycles. The minimum Gasteiger partial charge on any atom is -0.486 e. The van der Waals surface area contributed by atoms with E-state index in [2.05, 4.69) is 10.3 Å². The van der Waals surface area contributed by atoms with E-state index in [0.717, 1.165) is 22.6 Å². The van der Waals surface area contributed by atoms with Crippen LogP contribution in [0, 0.1) is 0 Å². The average molecular weight is 291 g/mol. The Morgan fingerprint density at radius 1 is 1.20 bits per heavy atom. The van der Waals surface area contributed by atoms with Crippen molar-refractivity contribution in [3.8, 4) is 11.5 Å². The first-order valence-corrected chi connectivity index (χ1v) is 6.83. The Labute approximate surface area is 122 Å². The van der Waals surface area contributed by atoms with Crippen LogP contribution in [0.4, 0.5) is 0 Å². The van der Waals surface area contributed by atoms with Crippen molar-refractivity contribution < 1.29 is 9.47 Å². The highest BCUT2D eigenvalue weighted by Gasteiger charge is 2.19. The van der Waals surface area contributed by atoms with Crippen molar-refractivity contribution in [2.75, 3.05) is 20.3 Å². The molecule has 2 aromatic rings. The van der Waals surface area contributed by atoms with Gasteiger partial charge in [-0.05, 0) is 36.4 Å². The van der Waals surface area contributed by atoms with E-state index in [1.807, 2.05) is 31.3 Å². The van der Waals surface area contributed by atoms with Crippen LogP contribution >= 0.6 is 11.6 Å². The molecule has 1 aromatic heterocycles. The van der Waals surface area contributed by atoms with Crippen molar-refractivity contribution in [2.45, 2.75) is 6.04 Å². The largest absolute Gasteiger partial charge is 0.486 e. The molecule has 2 heterocycles. The predicted octanol–water partition coefficient (Wildman–Crippen LogP) is 2.82. The van der Waals surface area contributed by atoms with E-state index in [-0.39, 0.29) is 6.04 Å². The first kappa shape index (κ1) is 13.2. The predicted molar refractivity (Wildman–Crippen MR) is 77.6 cm³/mol. The molecule has 0 radical (unpaired) electrons. The van der Waals surface area contributed by atoms with Gasteiger partial charge >= 0.3 is 0 Å². The van der Waals surface area contributed by atoms with Crippen molar-refractivity contribution in [3.05, 3.63) is 52.8 Å². The molecule has 0 bridgehead atoms. The number of pyridine rings is 1. The molecule has 0 saturated carbocycles. The molecule has 1 aromatic carbocycles. The summed E-state index contributed by atoms with van der Waals surface area (Å²) in [4.78, 5) is 4.02. The van der Waals surface area contributed by atoms with Crippen molar-refractivity contribution in [2.24, 2.45) is 0 Å². The molecule has 0 fully saturated rings. The second-order valence-corrected chi connectivity index (χ2v) is 4.93. The maximum absolute atomic E-state index is 6.23. The molecule has 104 valence electrons. The van der Waals surface area contributed by atoms with E-state index >= 15 is 0 Å². The fraction of sp³-hybridized carbons (Fsp3) is 0.267. The number of ether oxygens (including phenoxy) is 2. The van der Waals surface area contributed by atoms with E-state index in [1.54, 1.807) is 12.4 Å². The van der Waals surface area contributed by atoms with Crippen molar-refractivity contribution >= 4 is 11.6 Å².